The molecule has 1 saturated carbocycles. The second kappa shape index (κ2) is 6.30. The van der Waals surface area contributed by atoms with Gasteiger partial charge in [-0.05, 0) is 31.7 Å². The quantitative estimate of drug-likeness (QED) is 0.647. The summed E-state index contributed by atoms with van der Waals surface area (Å²) in [6, 6.07) is 2.77. The molecule has 0 unspecified atom stereocenters. The van der Waals surface area contributed by atoms with Gasteiger partial charge in [0.15, 0.2) is 0 Å². The maximum atomic E-state index is 12.3. The summed E-state index contributed by atoms with van der Waals surface area (Å²) in [7, 11) is 1.71. The molecular weight excluding hydrogens is 294 g/mol. The number of anilines is 1. The van der Waals surface area contributed by atoms with Crippen molar-refractivity contribution < 1.29 is 9.72 Å². The smallest absolute Gasteiger partial charge is 0.294 e. The van der Waals surface area contributed by atoms with Crippen molar-refractivity contribution >= 4 is 28.9 Å². The van der Waals surface area contributed by atoms with Crippen LogP contribution in [0.15, 0.2) is 12.1 Å². The zero-order chi connectivity index (χ0) is 15.6. The lowest BCUT2D eigenvalue weighted by molar-refractivity contribution is -0.384. The Bertz CT molecular complexity index is 573. The number of hydrogen-bond acceptors (Lipinski definition) is 4. The van der Waals surface area contributed by atoms with Crippen molar-refractivity contribution in [3.05, 3.63) is 32.8 Å². The molecule has 1 N–H and O–H groups in total. The van der Waals surface area contributed by atoms with Crippen molar-refractivity contribution in [1.82, 2.24) is 4.90 Å². The minimum Gasteiger partial charge on any atom is -0.379 e. The van der Waals surface area contributed by atoms with Crippen LogP contribution in [0.3, 0.4) is 0 Å². The Morgan fingerprint density at radius 1 is 1.52 bits per heavy atom. The number of hydrogen-bond donors (Lipinski definition) is 1. The van der Waals surface area contributed by atoms with Gasteiger partial charge >= 0.3 is 0 Å². The highest BCUT2D eigenvalue weighted by Crippen LogP contribution is 2.34. The number of nitrogens with one attached hydrogen (secondary N) is 1. The lowest BCUT2D eigenvalue weighted by Gasteiger charge is -2.17. The summed E-state index contributed by atoms with van der Waals surface area (Å²) in [5, 5.41) is 14.2. The highest BCUT2D eigenvalue weighted by molar-refractivity contribution is 6.34. The Kier molecular flexibility index (Phi) is 4.67. The summed E-state index contributed by atoms with van der Waals surface area (Å²) in [6.45, 7) is 3.01. The van der Waals surface area contributed by atoms with E-state index < -0.39 is 4.92 Å². The van der Waals surface area contributed by atoms with Crippen molar-refractivity contribution in [2.45, 2.75) is 19.8 Å². The van der Waals surface area contributed by atoms with Crippen LogP contribution in [-0.4, -0.2) is 35.9 Å². The molecular formula is C14H18ClN3O3. The minimum absolute atomic E-state index is 0.174. The minimum atomic E-state index is -0.526. The molecule has 0 saturated heterocycles. The fourth-order valence-electron chi connectivity index (χ4n) is 2.20. The molecule has 21 heavy (non-hydrogen) atoms. The first-order chi connectivity index (χ1) is 9.93. The predicted octanol–water partition coefficient (Wildman–Crippen LogP) is 3.16. The van der Waals surface area contributed by atoms with Crippen LogP contribution in [0.1, 0.15) is 30.1 Å². The molecule has 1 amide bonds. The first-order valence-corrected chi connectivity index (χ1v) is 7.29. The topological polar surface area (TPSA) is 75.5 Å². The molecule has 1 aromatic carbocycles. The van der Waals surface area contributed by atoms with Crippen LogP contribution in [-0.2, 0) is 0 Å². The molecule has 114 valence electrons. The van der Waals surface area contributed by atoms with Crippen LogP contribution < -0.4 is 5.32 Å². The van der Waals surface area contributed by atoms with E-state index in [2.05, 4.69) is 5.32 Å². The number of halogens is 1. The summed E-state index contributed by atoms with van der Waals surface area (Å²) in [5.74, 6) is 0.320. The lowest BCUT2D eigenvalue weighted by atomic mass is 10.1. The third-order valence-electron chi connectivity index (χ3n) is 3.44. The number of carbonyl (C=O) groups is 1. The van der Waals surface area contributed by atoms with Gasteiger partial charge in [0.05, 0.1) is 9.95 Å². The number of nitro benzene ring substituents is 1. The zero-order valence-electron chi connectivity index (χ0n) is 12.1. The number of nitro groups is 1. The Balaban J connectivity index is 2.31. The first kappa shape index (κ1) is 15.6. The summed E-state index contributed by atoms with van der Waals surface area (Å²) in [6.07, 6.45) is 2.27. The van der Waals surface area contributed by atoms with Gasteiger partial charge in [-0.25, -0.2) is 0 Å². The summed E-state index contributed by atoms with van der Waals surface area (Å²) in [5.41, 5.74) is 0.328. The van der Waals surface area contributed by atoms with Gasteiger partial charge < -0.3 is 10.2 Å². The van der Waals surface area contributed by atoms with Crippen molar-refractivity contribution in [3.8, 4) is 0 Å². The highest BCUT2D eigenvalue weighted by Gasteiger charge is 2.27. The molecule has 2 rings (SSSR count). The van der Waals surface area contributed by atoms with Crippen LogP contribution in [0.5, 0.6) is 0 Å². The second-order valence-electron chi connectivity index (χ2n) is 5.27. The third-order valence-corrected chi connectivity index (χ3v) is 3.74. The van der Waals surface area contributed by atoms with E-state index in [9.17, 15) is 14.9 Å². The Morgan fingerprint density at radius 2 is 2.19 bits per heavy atom. The zero-order valence-corrected chi connectivity index (χ0v) is 12.8. The van der Waals surface area contributed by atoms with Gasteiger partial charge in [-0.3, -0.25) is 14.9 Å². The van der Waals surface area contributed by atoms with E-state index in [1.54, 1.807) is 11.9 Å². The molecule has 0 aromatic heterocycles. The predicted molar refractivity (Wildman–Crippen MR) is 82.0 cm³/mol. The maximum absolute atomic E-state index is 12.3. The van der Waals surface area contributed by atoms with Gasteiger partial charge in [0.2, 0.25) is 0 Å². The molecule has 0 aliphatic heterocycles. The number of rotatable bonds is 6. The van der Waals surface area contributed by atoms with Gasteiger partial charge in [0.25, 0.3) is 11.6 Å². The van der Waals surface area contributed by atoms with Gasteiger partial charge in [-0.1, -0.05) is 11.6 Å². The molecule has 0 radical (unpaired) electrons. The fraction of sp³-hybridized carbons (Fsp3) is 0.500. The van der Waals surface area contributed by atoms with E-state index in [-0.39, 0.29) is 27.9 Å². The lowest BCUT2D eigenvalue weighted by Crippen LogP contribution is -2.28. The summed E-state index contributed by atoms with van der Waals surface area (Å²) >= 11 is 6.09. The van der Waals surface area contributed by atoms with Crippen LogP contribution in [0, 0.1) is 16.0 Å². The maximum Gasteiger partial charge on any atom is 0.294 e. The standard InChI is InChI=1S/C14H18ClN3O3/c1-3-16-13-11(15)6-10(7-12(13)18(20)21)14(19)17(2)8-9-4-5-9/h6-7,9,16H,3-5,8H2,1-2H3. The Morgan fingerprint density at radius 3 is 2.71 bits per heavy atom. The number of nitrogens with zero attached hydrogens (tertiary/aromatic N) is 2. The fourth-order valence-corrected chi connectivity index (χ4v) is 2.48. The Labute approximate surface area is 128 Å². The van der Waals surface area contributed by atoms with Gasteiger partial charge in [-0.2, -0.15) is 0 Å². The number of benzene rings is 1. The largest absolute Gasteiger partial charge is 0.379 e. The van der Waals surface area contributed by atoms with Gasteiger partial charge in [-0.15, -0.1) is 0 Å². The summed E-state index contributed by atoms with van der Waals surface area (Å²) < 4.78 is 0. The summed E-state index contributed by atoms with van der Waals surface area (Å²) in [4.78, 5) is 24.6. The van der Waals surface area contributed by atoms with Crippen LogP contribution in [0.4, 0.5) is 11.4 Å². The van der Waals surface area contributed by atoms with Gasteiger partial charge in [0.1, 0.15) is 5.69 Å². The third kappa shape index (κ3) is 3.64. The van der Waals surface area contributed by atoms with E-state index in [1.165, 1.54) is 12.1 Å². The van der Waals surface area contributed by atoms with Crippen molar-refractivity contribution in [2.75, 3.05) is 25.5 Å². The molecule has 1 aromatic rings. The molecule has 0 bridgehead atoms. The number of carbonyl (C=O) groups excluding carboxylic acids is 1. The number of amides is 1. The molecule has 1 fully saturated rings. The molecule has 1 aliphatic rings. The van der Waals surface area contributed by atoms with Crippen molar-refractivity contribution in [2.24, 2.45) is 5.92 Å². The van der Waals surface area contributed by atoms with Crippen LogP contribution >= 0.6 is 11.6 Å². The van der Waals surface area contributed by atoms with E-state index in [0.29, 0.717) is 19.0 Å². The van der Waals surface area contributed by atoms with E-state index in [4.69, 9.17) is 11.6 Å². The van der Waals surface area contributed by atoms with E-state index in [0.717, 1.165) is 12.8 Å². The Hall–Kier alpha value is -1.82. The molecule has 6 nitrogen and oxygen atoms in total. The first-order valence-electron chi connectivity index (χ1n) is 6.91. The van der Waals surface area contributed by atoms with Crippen molar-refractivity contribution in [3.63, 3.8) is 0 Å². The molecule has 0 spiro atoms. The van der Waals surface area contributed by atoms with Crippen LogP contribution in [0.25, 0.3) is 0 Å². The molecule has 0 heterocycles. The van der Waals surface area contributed by atoms with Crippen molar-refractivity contribution in [1.29, 1.82) is 0 Å². The van der Waals surface area contributed by atoms with E-state index in [1.807, 2.05) is 6.92 Å². The average Bonchev–Trinajstić information content (AvgIpc) is 3.23. The SMILES string of the molecule is CCNc1c(Cl)cc(C(=O)N(C)CC2CC2)cc1[N+](=O)[O-]. The average molecular weight is 312 g/mol. The van der Waals surface area contributed by atoms with E-state index >= 15 is 0 Å². The normalized spacial score (nSPS) is 13.9. The van der Waals surface area contributed by atoms with Crippen LogP contribution in [0.2, 0.25) is 5.02 Å². The molecule has 0 atom stereocenters. The highest BCUT2D eigenvalue weighted by atomic mass is 35.5. The molecule has 7 heteroatoms. The van der Waals surface area contributed by atoms with Gasteiger partial charge in [0, 0.05) is 31.8 Å². The second-order valence-corrected chi connectivity index (χ2v) is 5.68. The molecule has 1 aliphatic carbocycles. The monoisotopic (exact) mass is 311 g/mol.